The number of halogens is 1. The molecule has 5 nitrogen and oxygen atoms in total. The minimum Gasteiger partial charge on any atom is -0.493 e. The maximum atomic E-state index is 13.0. The number of nitrogens with zero attached hydrogens (tertiary/aromatic N) is 1. The molecule has 3 aromatic carbocycles. The molecule has 33 heavy (non-hydrogen) atoms. The molecule has 1 fully saturated rings. The highest BCUT2D eigenvalue weighted by atomic mass is 79.9. The molecule has 1 amide bonds. The van der Waals surface area contributed by atoms with Crippen molar-refractivity contribution in [2.45, 2.75) is 6.54 Å². The Morgan fingerprint density at radius 1 is 1.09 bits per heavy atom. The van der Waals surface area contributed by atoms with Crippen LogP contribution in [0, 0.1) is 0 Å². The SMILES string of the molecule is COc1cc(/C=C2\SC(=S)N(Cc3ccccc3)C2=O)cc(Br)c1OC(=O)c1ccccc1. The summed E-state index contributed by atoms with van der Waals surface area (Å²) >= 11 is 10.1. The Balaban J connectivity index is 1.57. The number of benzene rings is 3. The second-order valence-electron chi connectivity index (χ2n) is 7.04. The fourth-order valence-corrected chi connectivity index (χ4v) is 5.00. The largest absolute Gasteiger partial charge is 0.493 e. The molecule has 1 aliphatic heterocycles. The number of amides is 1. The minimum atomic E-state index is -0.496. The van der Waals surface area contributed by atoms with Crippen LogP contribution in [0.15, 0.2) is 82.2 Å². The van der Waals surface area contributed by atoms with Gasteiger partial charge in [-0.05, 0) is 57.4 Å². The van der Waals surface area contributed by atoms with E-state index in [2.05, 4.69) is 15.9 Å². The molecule has 1 aliphatic rings. The van der Waals surface area contributed by atoms with Gasteiger partial charge in [-0.3, -0.25) is 9.69 Å². The normalized spacial score (nSPS) is 14.6. The summed E-state index contributed by atoms with van der Waals surface area (Å²) in [6.45, 7) is 0.421. The third-order valence-electron chi connectivity index (χ3n) is 4.81. The fraction of sp³-hybridized carbons (Fsp3) is 0.0800. The molecule has 4 rings (SSSR count). The lowest BCUT2D eigenvalue weighted by molar-refractivity contribution is -0.122. The van der Waals surface area contributed by atoms with Crippen molar-refractivity contribution in [3.63, 3.8) is 0 Å². The molecule has 0 saturated carbocycles. The zero-order valence-corrected chi connectivity index (χ0v) is 20.7. The third-order valence-corrected chi connectivity index (χ3v) is 6.78. The summed E-state index contributed by atoms with van der Waals surface area (Å²) in [5, 5.41) is 0. The summed E-state index contributed by atoms with van der Waals surface area (Å²) < 4.78 is 12.1. The lowest BCUT2D eigenvalue weighted by Crippen LogP contribution is -2.27. The number of carbonyl (C=O) groups is 2. The van der Waals surface area contributed by atoms with E-state index in [1.807, 2.05) is 36.4 Å². The molecule has 1 saturated heterocycles. The highest BCUT2D eigenvalue weighted by Gasteiger charge is 2.32. The van der Waals surface area contributed by atoms with Crippen LogP contribution in [0.3, 0.4) is 0 Å². The van der Waals surface area contributed by atoms with Crippen LogP contribution in [0.2, 0.25) is 0 Å². The van der Waals surface area contributed by atoms with Crippen molar-refractivity contribution in [2.75, 3.05) is 7.11 Å². The molecule has 0 spiro atoms. The van der Waals surface area contributed by atoms with Gasteiger partial charge in [0.05, 0.1) is 28.6 Å². The monoisotopic (exact) mass is 539 g/mol. The Hall–Kier alpha value is -2.94. The van der Waals surface area contributed by atoms with Gasteiger partial charge in [0, 0.05) is 0 Å². The van der Waals surface area contributed by atoms with Gasteiger partial charge >= 0.3 is 5.97 Å². The van der Waals surface area contributed by atoms with E-state index < -0.39 is 5.97 Å². The first-order valence-electron chi connectivity index (χ1n) is 9.90. The molecule has 0 unspecified atom stereocenters. The Labute approximate surface area is 209 Å². The van der Waals surface area contributed by atoms with Gasteiger partial charge < -0.3 is 9.47 Å². The zero-order valence-electron chi connectivity index (χ0n) is 17.5. The molecule has 0 bridgehead atoms. The number of thioether (sulfide) groups is 1. The fourth-order valence-electron chi connectivity index (χ4n) is 3.20. The number of hydrogen-bond donors (Lipinski definition) is 0. The molecule has 0 radical (unpaired) electrons. The van der Waals surface area contributed by atoms with Crippen molar-refractivity contribution in [2.24, 2.45) is 0 Å². The Morgan fingerprint density at radius 3 is 2.42 bits per heavy atom. The van der Waals surface area contributed by atoms with Crippen LogP contribution < -0.4 is 9.47 Å². The van der Waals surface area contributed by atoms with E-state index in [0.717, 1.165) is 5.56 Å². The van der Waals surface area contributed by atoms with Gasteiger partial charge in [0.2, 0.25) is 0 Å². The second-order valence-corrected chi connectivity index (χ2v) is 9.57. The van der Waals surface area contributed by atoms with Crippen molar-refractivity contribution < 1.29 is 19.1 Å². The predicted molar refractivity (Wildman–Crippen MR) is 137 cm³/mol. The van der Waals surface area contributed by atoms with Gasteiger partial charge in [0.1, 0.15) is 4.32 Å². The molecule has 0 aromatic heterocycles. The molecule has 0 N–H and O–H groups in total. The molecular weight excluding hydrogens is 522 g/mol. The lowest BCUT2D eigenvalue weighted by atomic mass is 10.1. The summed E-state index contributed by atoms with van der Waals surface area (Å²) in [5.41, 5.74) is 2.14. The van der Waals surface area contributed by atoms with Gasteiger partial charge in [-0.2, -0.15) is 0 Å². The zero-order chi connectivity index (χ0) is 23.4. The highest BCUT2D eigenvalue weighted by molar-refractivity contribution is 9.10. The summed E-state index contributed by atoms with van der Waals surface area (Å²) in [5.74, 6) is -0.0209. The number of methoxy groups -OCH3 is 1. The molecule has 166 valence electrons. The van der Waals surface area contributed by atoms with Gasteiger partial charge in [0.15, 0.2) is 11.5 Å². The van der Waals surface area contributed by atoms with Gasteiger partial charge in [-0.15, -0.1) is 0 Å². The summed E-state index contributed by atoms with van der Waals surface area (Å²) in [6.07, 6.45) is 1.75. The van der Waals surface area contributed by atoms with Crippen LogP contribution in [0.5, 0.6) is 11.5 Å². The van der Waals surface area contributed by atoms with Gasteiger partial charge in [-0.25, -0.2) is 4.79 Å². The number of rotatable bonds is 6. The number of esters is 1. The second kappa shape index (κ2) is 10.3. The summed E-state index contributed by atoms with van der Waals surface area (Å²) in [4.78, 5) is 27.6. The highest BCUT2D eigenvalue weighted by Crippen LogP contribution is 2.39. The lowest BCUT2D eigenvalue weighted by Gasteiger charge is -2.14. The molecule has 3 aromatic rings. The average molecular weight is 540 g/mol. The number of thiocarbonyl (C=S) groups is 1. The molecule has 8 heteroatoms. The molecular formula is C25H18BrNO4S2. The smallest absolute Gasteiger partial charge is 0.343 e. The molecule has 0 aliphatic carbocycles. The first kappa shape index (κ1) is 23.2. The van der Waals surface area contributed by atoms with Crippen molar-refractivity contribution in [1.29, 1.82) is 0 Å². The predicted octanol–water partition coefficient (Wildman–Crippen LogP) is 6.08. The van der Waals surface area contributed by atoms with Gasteiger partial charge in [-0.1, -0.05) is 72.5 Å². The van der Waals surface area contributed by atoms with Crippen LogP contribution in [0.4, 0.5) is 0 Å². The first-order chi connectivity index (χ1) is 16.0. The molecule has 0 atom stereocenters. The Kier molecular flexibility index (Phi) is 7.27. The van der Waals surface area contributed by atoms with Crippen molar-refractivity contribution >= 4 is 62.2 Å². The third kappa shape index (κ3) is 5.35. The number of carbonyl (C=O) groups excluding carboxylic acids is 2. The minimum absolute atomic E-state index is 0.150. The maximum absolute atomic E-state index is 13.0. The van der Waals surface area contributed by atoms with Crippen molar-refractivity contribution in [1.82, 2.24) is 4.90 Å². The van der Waals surface area contributed by atoms with E-state index in [9.17, 15) is 9.59 Å². The standard InChI is InChI=1S/C25H18BrNO4S2/c1-30-20-13-17(12-19(26)22(20)31-24(29)18-10-6-3-7-11-18)14-21-23(28)27(25(32)33-21)15-16-8-4-2-5-9-16/h2-14H,15H2,1H3/b21-14-. The van der Waals surface area contributed by atoms with Crippen molar-refractivity contribution in [3.05, 3.63) is 98.9 Å². The Bertz CT molecular complexity index is 1250. The quantitative estimate of drug-likeness (QED) is 0.164. The Morgan fingerprint density at radius 2 is 1.76 bits per heavy atom. The van der Waals surface area contributed by atoms with Crippen molar-refractivity contribution in [3.8, 4) is 11.5 Å². The van der Waals surface area contributed by atoms with Gasteiger partial charge in [0.25, 0.3) is 5.91 Å². The number of hydrogen-bond acceptors (Lipinski definition) is 6. The first-order valence-corrected chi connectivity index (χ1v) is 11.9. The van der Waals surface area contributed by atoms with Crippen LogP contribution in [0.25, 0.3) is 6.08 Å². The van der Waals surface area contributed by atoms with E-state index in [4.69, 9.17) is 21.7 Å². The van der Waals surface area contributed by atoms with Crippen LogP contribution in [-0.4, -0.2) is 28.2 Å². The van der Waals surface area contributed by atoms with E-state index in [1.165, 1.54) is 18.9 Å². The topological polar surface area (TPSA) is 55.8 Å². The van der Waals surface area contributed by atoms with Crippen LogP contribution >= 0.6 is 39.9 Å². The molecule has 1 heterocycles. The van der Waals surface area contributed by atoms with Crippen LogP contribution in [0.1, 0.15) is 21.5 Å². The average Bonchev–Trinajstić information content (AvgIpc) is 3.09. The summed E-state index contributed by atoms with van der Waals surface area (Å²) in [6, 6.07) is 21.9. The van der Waals surface area contributed by atoms with E-state index in [1.54, 1.807) is 47.4 Å². The van der Waals surface area contributed by atoms with Crippen LogP contribution in [-0.2, 0) is 11.3 Å². The summed E-state index contributed by atoms with van der Waals surface area (Å²) in [7, 11) is 1.49. The maximum Gasteiger partial charge on any atom is 0.343 e. The van der Waals surface area contributed by atoms with E-state index in [0.29, 0.717) is 37.1 Å². The van der Waals surface area contributed by atoms with E-state index >= 15 is 0 Å². The van der Waals surface area contributed by atoms with E-state index in [-0.39, 0.29) is 11.7 Å². The number of ether oxygens (including phenoxy) is 2.